The number of rotatable bonds is 7. The third-order valence-corrected chi connectivity index (χ3v) is 2.36. The standard InChI is InChI=1S/C13H18O3.Na/c1-2-3-4-5-10-16-12-8-6-11(7-9-12)13(14)15;/h6-9H,2-5,10H2,1H3,(H,14,15);/q;+1/p-1. The van der Waals surface area contributed by atoms with Gasteiger partial charge in [-0.15, -0.1) is 0 Å². The summed E-state index contributed by atoms with van der Waals surface area (Å²) in [5.41, 5.74) is 0.179. The van der Waals surface area contributed by atoms with Gasteiger partial charge in [0.1, 0.15) is 5.75 Å². The molecule has 0 amide bonds. The topological polar surface area (TPSA) is 49.4 Å². The van der Waals surface area contributed by atoms with E-state index in [4.69, 9.17) is 4.74 Å². The summed E-state index contributed by atoms with van der Waals surface area (Å²) in [6.45, 7) is 2.85. The van der Waals surface area contributed by atoms with Crippen molar-refractivity contribution in [2.24, 2.45) is 0 Å². The minimum Gasteiger partial charge on any atom is -0.545 e. The summed E-state index contributed by atoms with van der Waals surface area (Å²) < 4.78 is 5.47. The number of unbranched alkanes of at least 4 members (excludes halogenated alkanes) is 3. The van der Waals surface area contributed by atoms with Crippen LogP contribution in [-0.2, 0) is 0 Å². The fraction of sp³-hybridized carbons (Fsp3) is 0.462. The second-order valence-electron chi connectivity index (χ2n) is 3.72. The van der Waals surface area contributed by atoms with Gasteiger partial charge in [0.15, 0.2) is 0 Å². The molecule has 0 aliphatic heterocycles. The molecular formula is C13H17NaO3. The van der Waals surface area contributed by atoms with Crippen LogP contribution in [0.1, 0.15) is 43.0 Å². The van der Waals surface area contributed by atoms with E-state index in [-0.39, 0.29) is 35.1 Å². The number of hydrogen-bond donors (Lipinski definition) is 0. The van der Waals surface area contributed by atoms with Gasteiger partial charge >= 0.3 is 29.6 Å². The van der Waals surface area contributed by atoms with Crippen molar-refractivity contribution in [2.75, 3.05) is 6.61 Å². The van der Waals surface area contributed by atoms with E-state index in [9.17, 15) is 9.90 Å². The number of carboxylic acid groups (broad SMARTS) is 1. The maximum absolute atomic E-state index is 10.5. The Hall–Kier alpha value is -0.510. The van der Waals surface area contributed by atoms with E-state index >= 15 is 0 Å². The molecule has 0 aromatic heterocycles. The van der Waals surface area contributed by atoms with Crippen molar-refractivity contribution in [2.45, 2.75) is 32.6 Å². The minimum atomic E-state index is -1.16. The first-order valence-electron chi connectivity index (χ1n) is 5.68. The Kier molecular flexibility index (Phi) is 9.23. The van der Waals surface area contributed by atoms with Crippen molar-refractivity contribution >= 4 is 5.97 Å². The van der Waals surface area contributed by atoms with Crippen molar-refractivity contribution in [3.8, 4) is 5.75 Å². The maximum Gasteiger partial charge on any atom is 1.00 e. The summed E-state index contributed by atoms with van der Waals surface area (Å²) in [6.07, 6.45) is 4.65. The van der Waals surface area contributed by atoms with Gasteiger partial charge in [0.2, 0.25) is 0 Å². The third-order valence-electron chi connectivity index (χ3n) is 2.36. The van der Waals surface area contributed by atoms with Gasteiger partial charge < -0.3 is 14.6 Å². The van der Waals surface area contributed by atoms with Crippen LogP contribution >= 0.6 is 0 Å². The van der Waals surface area contributed by atoms with E-state index in [1.807, 2.05) is 0 Å². The van der Waals surface area contributed by atoms with Gasteiger partial charge in [-0.25, -0.2) is 0 Å². The predicted molar refractivity (Wildman–Crippen MR) is 60.4 cm³/mol. The molecule has 0 fully saturated rings. The van der Waals surface area contributed by atoms with Crippen molar-refractivity contribution in [1.29, 1.82) is 0 Å². The molecule has 1 aromatic carbocycles. The quantitative estimate of drug-likeness (QED) is 0.457. The van der Waals surface area contributed by atoms with Crippen LogP contribution in [0.25, 0.3) is 0 Å². The molecule has 0 aliphatic carbocycles. The normalized spacial score (nSPS) is 9.47. The second-order valence-corrected chi connectivity index (χ2v) is 3.72. The van der Waals surface area contributed by atoms with E-state index in [0.29, 0.717) is 12.4 Å². The number of carbonyl (C=O) groups is 1. The van der Waals surface area contributed by atoms with Gasteiger partial charge in [-0.2, -0.15) is 0 Å². The number of hydrogen-bond acceptors (Lipinski definition) is 3. The molecular weight excluding hydrogens is 227 g/mol. The third kappa shape index (κ3) is 6.71. The van der Waals surface area contributed by atoms with E-state index in [1.165, 1.54) is 31.4 Å². The first-order valence-corrected chi connectivity index (χ1v) is 5.68. The Labute approximate surface area is 124 Å². The molecule has 0 atom stereocenters. The molecule has 0 radical (unpaired) electrons. The van der Waals surface area contributed by atoms with Gasteiger partial charge in [-0.1, -0.05) is 26.2 Å². The Morgan fingerprint density at radius 1 is 1.18 bits per heavy atom. The number of aromatic carboxylic acids is 1. The van der Waals surface area contributed by atoms with Crippen molar-refractivity contribution < 1.29 is 44.2 Å². The smallest absolute Gasteiger partial charge is 0.545 e. The van der Waals surface area contributed by atoms with Crippen LogP contribution in [-0.4, -0.2) is 12.6 Å². The molecule has 0 aliphatic rings. The number of ether oxygens (including phenoxy) is 1. The summed E-state index contributed by atoms with van der Waals surface area (Å²) in [5.74, 6) is -0.448. The zero-order valence-electron chi connectivity index (χ0n) is 10.6. The zero-order chi connectivity index (χ0) is 11.8. The van der Waals surface area contributed by atoms with E-state index in [1.54, 1.807) is 12.1 Å². The minimum absolute atomic E-state index is 0. The Morgan fingerprint density at radius 2 is 1.82 bits per heavy atom. The van der Waals surface area contributed by atoms with Crippen LogP contribution in [0, 0.1) is 0 Å². The molecule has 3 nitrogen and oxygen atoms in total. The summed E-state index contributed by atoms with van der Waals surface area (Å²) in [6, 6.07) is 6.31. The number of benzene rings is 1. The van der Waals surface area contributed by atoms with Gasteiger partial charge in [-0.05, 0) is 36.2 Å². The SMILES string of the molecule is CCCCCCOc1ccc(C(=O)[O-])cc1.[Na+]. The molecule has 4 heteroatoms. The molecule has 0 spiro atoms. The Balaban J connectivity index is 0.00000256. The summed E-state index contributed by atoms with van der Waals surface area (Å²) >= 11 is 0. The van der Waals surface area contributed by atoms with Crippen molar-refractivity contribution in [3.05, 3.63) is 29.8 Å². The first-order chi connectivity index (χ1) is 7.74. The molecule has 0 N–H and O–H groups in total. The van der Waals surface area contributed by atoms with Gasteiger partial charge in [0.05, 0.1) is 12.6 Å². The molecule has 0 heterocycles. The van der Waals surface area contributed by atoms with Crippen LogP contribution in [0.2, 0.25) is 0 Å². The summed E-state index contributed by atoms with van der Waals surface area (Å²) in [7, 11) is 0. The Morgan fingerprint density at radius 3 is 2.35 bits per heavy atom. The molecule has 0 bridgehead atoms. The van der Waals surface area contributed by atoms with Crippen LogP contribution < -0.4 is 39.4 Å². The van der Waals surface area contributed by atoms with Crippen LogP contribution in [0.5, 0.6) is 5.75 Å². The van der Waals surface area contributed by atoms with Crippen LogP contribution in [0.4, 0.5) is 0 Å². The van der Waals surface area contributed by atoms with Gasteiger partial charge in [0, 0.05) is 0 Å². The van der Waals surface area contributed by atoms with Crippen LogP contribution in [0.15, 0.2) is 24.3 Å². The fourth-order valence-electron chi connectivity index (χ4n) is 1.41. The first kappa shape index (κ1) is 16.5. The molecule has 0 unspecified atom stereocenters. The Bertz CT molecular complexity index is 322. The van der Waals surface area contributed by atoms with E-state index < -0.39 is 5.97 Å². The zero-order valence-corrected chi connectivity index (χ0v) is 12.6. The van der Waals surface area contributed by atoms with Gasteiger partial charge in [0.25, 0.3) is 0 Å². The van der Waals surface area contributed by atoms with Crippen LogP contribution in [0.3, 0.4) is 0 Å². The predicted octanol–water partition coefficient (Wildman–Crippen LogP) is -0.987. The van der Waals surface area contributed by atoms with E-state index in [0.717, 1.165) is 6.42 Å². The molecule has 0 saturated carbocycles. The van der Waals surface area contributed by atoms with Crippen molar-refractivity contribution in [3.63, 3.8) is 0 Å². The monoisotopic (exact) mass is 244 g/mol. The number of carbonyl (C=O) groups excluding carboxylic acids is 1. The molecule has 1 aromatic rings. The second kappa shape index (κ2) is 9.51. The molecule has 1 rings (SSSR count). The maximum atomic E-state index is 10.5. The molecule has 17 heavy (non-hydrogen) atoms. The average Bonchev–Trinajstić information content (AvgIpc) is 2.29. The summed E-state index contributed by atoms with van der Waals surface area (Å²) in [5, 5.41) is 10.5. The summed E-state index contributed by atoms with van der Waals surface area (Å²) in [4.78, 5) is 10.5. The average molecular weight is 244 g/mol. The fourth-order valence-corrected chi connectivity index (χ4v) is 1.41. The van der Waals surface area contributed by atoms with Crippen molar-refractivity contribution in [1.82, 2.24) is 0 Å². The molecule has 0 saturated heterocycles. The van der Waals surface area contributed by atoms with Gasteiger partial charge in [-0.3, -0.25) is 0 Å². The number of carboxylic acids is 1. The largest absolute Gasteiger partial charge is 1.00 e. The molecule has 88 valence electrons. The van der Waals surface area contributed by atoms with E-state index in [2.05, 4.69) is 6.92 Å².